The Kier molecular flexibility index (Phi) is 6.30. The van der Waals surface area contributed by atoms with Crippen LogP contribution in [0.1, 0.15) is 16.7 Å². The van der Waals surface area contributed by atoms with Crippen LogP contribution in [0.5, 0.6) is 0 Å². The molecule has 0 fully saturated rings. The van der Waals surface area contributed by atoms with Gasteiger partial charge in [-0.25, -0.2) is 0 Å². The van der Waals surface area contributed by atoms with E-state index in [0.29, 0.717) is 0 Å². The first-order valence-corrected chi connectivity index (χ1v) is 8.04. The second-order valence-electron chi connectivity index (χ2n) is 5.18. The molecule has 0 saturated carbocycles. The van der Waals surface area contributed by atoms with E-state index in [1.807, 2.05) is 11.8 Å². The molecule has 0 aliphatic rings. The van der Waals surface area contributed by atoms with Crippen molar-refractivity contribution in [1.82, 2.24) is 5.32 Å². The van der Waals surface area contributed by atoms with Crippen LogP contribution in [0.2, 0.25) is 0 Å². The van der Waals surface area contributed by atoms with Gasteiger partial charge < -0.3 is 10.1 Å². The van der Waals surface area contributed by atoms with Crippen molar-refractivity contribution in [2.45, 2.75) is 30.2 Å². The van der Waals surface area contributed by atoms with Gasteiger partial charge in [0, 0.05) is 30.0 Å². The van der Waals surface area contributed by atoms with E-state index in [1.165, 1.54) is 26.5 Å². The van der Waals surface area contributed by atoms with E-state index in [9.17, 15) is 0 Å². The van der Waals surface area contributed by atoms with Gasteiger partial charge in [0.15, 0.2) is 0 Å². The summed E-state index contributed by atoms with van der Waals surface area (Å²) < 4.78 is 5.04. The van der Waals surface area contributed by atoms with Crippen LogP contribution >= 0.6 is 11.8 Å². The molecule has 0 radical (unpaired) electrons. The smallest absolute Gasteiger partial charge is 0.0587 e. The Labute approximate surface area is 131 Å². The molecule has 0 amide bonds. The third-order valence-electron chi connectivity index (χ3n) is 3.34. The lowest BCUT2D eigenvalue weighted by molar-refractivity contribution is 0.199. The summed E-state index contributed by atoms with van der Waals surface area (Å²) in [5, 5.41) is 3.39. The summed E-state index contributed by atoms with van der Waals surface area (Å²) in [6, 6.07) is 15.3. The van der Waals surface area contributed by atoms with Gasteiger partial charge in [0.2, 0.25) is 0 Å². The van der Waals surface area contributed by atoms with Gasteiger partial charge in [-0.2, -0.15) is 0 Å². The lowest BCUT2D eigenvalue weighted by Crippen LogP contribution is -2.19. The molecule has 0 heterocycles. The van der Waals surface area contributed by atoms with Crippen molar-refractivity contribution in [3.63, 3.8) is 0 Å². The van der Waals surface area contributed by atoms with Gasteiger partial charge in [-0.1, -0.05) is 35.5 Å². The second-order valence-corrected chi connectivity index (χ2v) is 6.32. The first kappa shape index (κ1) is 16.1. The number of benzene rings is 2. The predicted octanol–water partition coefficient (Wildman–Crippen LogP) is 4.19. The fraction of sp³-hybridized carbons (Fsp3) is 0.333. The number of hydrogen-bond acceptors (Lipinski definition) is 3. The molecule has 1 N–H and O–H groups in total. The molecule has 2 aromatic rings. The summed E-state index contributed by atoms with van der Waals surface area (Å²) in [6.07, 6.45) is 0. The van der Waals surface area contributed by atoms with Crippen LogP contribution in [-0.2, 0) is 11.3 Å². The quantitative estimate of drug-likeness (QED) is 0.775. The number of nitrogens with one attached hydrogen (secondary N) is 1. The zero-order valence-electron chi connectivity index (χ0n) is 13.0. The van der Waals surface area contributed by atoms with E-state index in [-0.39, 0.29) is 0 Å². The number of hydrogen-bond donors (Lipinski definition) is 1. The minimum atomic E-state index is 0.750. The second kappa shape index (κ2) is 8.23. The minimum Gasteiger partial charge on any atom is -0.383 e. The molecule has 2 aromatic carbocycles. The molecule has 0 aliphatic heterocycles. The van der Waals surface area contributed by atoms with Crippen LogP contribution in [0.15, 0.2) is 52.3 Å². The van der Waals surface area contributed by atoms with E-state index >= 15 is 0 Å². The Morgan fingerprint density at radius 1 is 1.05 bits per heavy atom. The van der Waals surface area contributed by atoms with E-state index in [0.717, 1.165) is 19.7 Å². The van der Waals surface area contributed by atoms with Crippen molar-refractivity contribution >= 4 is 11.8 Å². The summed E-state index contributed by atoms with van der Waals surface area (Å²) in [6.45, 7) is 6.83. The Hall–Kier alpha value is -1.29. The SMILES string of the molecule is COCCNCc1ccc(Sc2cccc(C)c2)cc1C. The molecule has 0 atom stereocenters. The molecule has 0 spiro atoms. The molecular weight excluding hydrogens is 278 g/mol. The fourth-order valence-corrected chi connectivity index (χ4v) is 3.18. The van der Waals surface area contributed by atoms with E-state index < -0.39 is 0 Å². The van der Waals surface area contributed by atoms with Crippen LogP contribution < -0.4 is 5.32 Å². The topological polar surface area (TPSA) is 21.3 Å². The average Bonchev–Trinajstić information content (AvgIpc) is 2.45. The summed E-state index contributed by atoms with van der Waals surface area (Å²) in [4.78, 5) is 2.58. The maximum atomic E-state index is 5.04. The zero-order chi connectivity index (χ0) is 15.1. The largest absolute Gasteiger partial charge is 0.383 e. The summed E-state index contributed by atoms with van der Waals surface area (Å²) in [7, 11) is 1.73. The first-order chi connectivity index (χ1) is 10.2. The normalized spacial score (nSPS) is 10.8. The molecule has 0 saturated heterocycles. The highest BCUT2D eigenvalue weighted by atomic mass is 32.2. The molecule has 0 aliphatic carbocycles. The highest BCUT2D eigenvalue weighted by Crippen LogP contribution is 2.29. The van der Waals surface area contributed by atoms with Gasteiger partial charge in [0.25, 0.3) is 0 Å². The van der Waals surface area contributed by atoms with Gasteiger partial charge in [-0.15, -0.1) is 0 Å². The maximum Gasteiger partial charge on any atom is 0.0587 e. The minimum absolute atomic E-state index is 0.750. The van der Waals surface area contributed by atoms with Gasteiger partial charge >= 0.3 is 0 Å². The Balaban J connectivity index is 1.98. The van der Waals surface area contributed by atoms with Crippen LogP contribution in [0, 0.1) is 13.8 Å². The Bertz CT molecular complexity index is 583. The Morgan fingerprint density at radius 3 is 2.57 bits per heavy atom. The number of ether oxygens (including phenoxy) is 1. The molecule has 2 rings (SSSR count). The van der Waals surface area contributed by atoms with E-state index in [2.05, 4.69) is 61.6 Å². The first-order valence-electron chi connectivity index (χ1n) is 7.23. The molecule has 112 valence electrons. The number of methoxy groups -OCH3 is 1. The van der Waals surface area contributed by atoms with Crippen LogP contribution in [0.3, 0.4) is 0 Å². The van der Waals surface area contributed by atoms with Crippen LogP contribution in [0.4, 0.5) is 0 Å². The predicted molar refractivity (Wildman–Crippen MR) is 90.1 cm³/mol. The molecule has 0 unspecified atom stereocenters. The molecule has 0 bridgehead atoms. The van der Waals surface area contributed by atoms with Gasteiger partial charge in [-0.3, -0.25) is 0 Å². The van der Waals surface area contributed by atoms with E-state index in [4.69, 9.17) is 4.74 Å². The maximum absolute atomic E-state index is 5.04. The zero-order valence-corrected chi connectivity index (χ0v) is 13.8. The van der Waals surface area contributed by atoms with Gasteiger partial charge in [0.1, 0.15) is 0 Å². The van der Waals surface area contributed by atoms with Crippen molar-refractivity contribution < 1.29 is 4.74 Å². The molecule has 2 nitrogen and oxygen atoms in total. The van der Waals surface area contributed by atoms with Crippen molar-refractivity contribution in [3.8, 4) is 0 Å². The lowest BCUT2D eigenvalue weighted by Gasteiger charge is -2.10. The summed E-state index contributed by atoms with van der Waals surface area (Å²) in [5.74, 6) is 0. The lowest BCUT2D eigenvalue weighted by atomic mass is 10.1. The van der Waals surface area contributed by atoms with Gasteiger partial charge in [-0.05, 0) is 49.2 Å². The van der Waals surface area contributed by atoms with Gasteiger partial charge in [0.05, 0.1) is 6.61 Å². The van der Waals surface area contributed by atoms with E-state index in [1.54, 1.807) is 7.11 Å². The van der Waals surface area contributed by atoms with Crippen molar-refractivity contribution in [1.29, 1.82) is 0 Å². The standard InChI is InChI=1S/C18H23NOS/c1-14-5-4-6-17(11-14)21-18-8-7-16(15(2)12-18)13-19-9-10-20-3/h4-8,11-12,19H,9-10,13H2,1-3H3. The molecular formula is C18H23NOS. The number of aryl methyl sites for hydroxylation is 2. The third-order valence-corrected chi connectivity index (χ3v) is 4.32. The van der Waals surface area contributed by atoms with Crippen molar-refractivity contribution in [2.75, 3.05) is 20.3 Å². The van der Waals surface area contributed by atoms with Crippen molar-refractivity contribution in [2.24, 2.45) is 0 Å². The highest BCUT2D eigenvalue weighted by molar-refractivity contribution is 7.99. The van der Waals surface area contributed by atoms with Crippen molar-refractivity contribution in [3.05, 3.63) is 59.2 Å². The molecule has 21 heavy (non-hydrogen) atoms. The molecule has 3 heteroatoms. The number of rotatable bonds is 7. The monoisotopic (exact) mass is 301 g/mol. The average molecular weight is 301 g/mol. The summed E-state index contributed by atoms with van der Waals surface area (Å²) >= 11 is 1.82. The fourth-order valence-electron chi connectivity index (χ4n) is 2.14. The highest BCUT2D eigenvalue weighted by Gasteiger charge is 2.02. The van der Waals surface area contributed by atoms with Crippen LogP contribution in [-0.4, -0.2) is 20.3 Å². The Morgan fingerprint density at radius 2 is 1.86 bits per heavy atom. The van der Waals surface area contributed by atoms with Crippen LogP contribution in [0.25, 0.3) is 0 Å². The molecule has 0 aromatic heterocycles. The third kappa shape index (κ3) is 5.20. The summed E-state index contributed by atoms with van der Waals surface area (Å²) in [5.41, 5.74) is 3.98.